The van der Waals surface area contributed by atoms with Gasteiger partial charge < -0.3 is 10.1 Å². The van der Waals surface area contributed by atoms with Gasteiger partial charge in [0.25, 0.3) is 5.91 Å². The molecule has 144 valence electrons. The number of rotatable bonds is 6. The van der Waals surface area contributed by atoms with Gasteiger partial charge in [0.1, 0.15) is 17.4 Å². The van der Waals surface area contributed by atoms with Gasteiger partial charge in [0.2, 0.25) is 0 Å². The van der Waals surface area contributed by atoms with Gasteiger partial charge in [-0.1, -0.05) is 18.6 Å². The Morgan fingerprint density at radius 3 is 2.48 bits per heavy atom. The van der Waals surface area contributed by atoms with Gasteiger partial charge in [0.15, 0.2) is 0 Å². The fraction of sp³-hybridized carbons (Fsp3) is 0.381. The number of carbonyl (C=O) groups excluding carboxylic acids is 1. The van der Waals surface area contributed by atoms with Crippen LogP contribution in [0, 0.1) is 11.6 Å². The second kappa shape index (κ2) is 8.95. The van der Waals surface area contributed by atoms with Crippen LogP contribution in [0.5, 0.6) is 5.75 Å². The maximum Gasteiger partial charge on any atom is 0.254 e. The van der Waals surface area contributed by atoms with Crippen molar-refractivity contribution in [2.75, 3.05) is 26.7 Å². The van der Waals surface area contributed by atoms with Crippen LogP contribution in [0.1, 0.15) is 41.2 Å². The predicted octanol–water partition coefficient (Wildman–Crippen LogP) is 3.93. The number of carbonyl (C=O) groups is 1. The average Bonchev–Trinajstić information content (AvgIpc) is 2.71. The molecular formula is C21H24F2N2O2. The second-order valence-corrected chi connectivity index (χ2v) is 6.72. The molecule has 0 aromatic heterocycles. The van der Waals surface area contributed by atoms with Crippen LogP contribution in [0.25, 0.3) is 0 Å². The molecule has 1 heterocycles. The lowest BCUT2D eigenvalue weighted by Crippen LogP contribution is -2.40. The van der Waals surface area contributed by atoms with Crippen molar-refractivity contribution in [3.05, 3.63) is 65.2 Å². The Morgan fingerprint density at radius 2 is 1.81 bits per heavy atom. The summed E-state index contributed by atoms with van der Waals surface area (Å²) < 4.78 is 32.4. The van der Waals surface area contributed by atoms with Crippen molar-refractivity contribution in [1.82, 2.24) is 10.2 Å². The topological polar surface area (TPSA) is 41.6 Å². The van der Waals surface area contributed by atoms with Crippen LogP contribution in [0.4, 0.5) is 8.78 Å². The molecule has 0 spiro atoms. The van der Waals surface area contributed by atoms with Crippen LogP contribution in [-0.4, -0.2) is 37.6 Å². The highest BCUT2D eigenvalue weighted by molar-refractivity contribution is 5.94. The molecule has 1 N–H and O–H groups in total. The maximum atomic E-state index is 13.9. The molecule has 4 nitrogen and oxygen atoms in total. The summed E-state index contributed by atoms with van der Waals surface area (Å²) in [5, 5.41) is 2.77. The van der Waals surface area contributed by atoms with Crippen molar-refractivity contribution in [2.45, 2.75) is 25.3 Å². The molecule has 1 unspecified atom stereocenters. The van der Waals surface area contributed by atoms with Gasteiger partial charge in [0.05, 0.1) is 18.7 Å². The van der Waals surface area contributed by atoms with Gasteiger partial charge in [-0.15, -0.1) is 0 Å². The zero-order valence-electron chi connectivity index (χ0n) is 15.4. The number of halogens is 2. The van der Waals surface area contributed by atoms with E-state index in [0.717, 1.165) is 55.4 Å². The molecule has 1 fully saturated rings. The third-order valence-corrected chi connectivity index (χ3v) is 4.96. The fourth-order valence-electron chi connectivity index (χ4n) is 3.47. The van der Waals surface area contributed by atoms with Crippen molar-refractivity contribution < 1.29 is 18.3 Å². The van der Waals surface area contributed by atoms with E-state index in [9.17, 15) is 13.6 Å². The van der Waals surface area contributed by atoms with Gasteiger partial charge in [-0.2, -0.15) is 0 Å². The van der Waals surface area contributed by atoms with Gasteiger partial charge in [-0.3, -0.25) is 9.69 Å². The van der Waals surface area contributed by atoms with Crippen LogP contribution in [0.3, 0.4) is 0 Å². The lowest BCUT2D eigenvalue weighted by Gasteiger charge is -2.35. The monoisotopic (exact) mass is 374 g/mol. The van der Waals surface area contributed by atoms with Crippen molar-refractivity contribution in [2.24, 2.45) is 0 Å². The molecule has 27 heavy (non-hydrogen) atoms. The first-order valence-electron chi connectivity index (χ1n) is 9.19. The van der Waals surface area contributed by atoms with E-state index in [2.05, 4.69) is 10.2 Å². The molecule has 1 amide bonds. The van der Waals surface area contributed by atoms with E-state index < -0.39 is 17.5 Å². The zero-order chi connectivity index (χ0) is 19.2. The summed E-state index contributed by atoms with van der Waals surface area (Å²) in [7, 11) is 1.62. The molecule has 6 heteroatoms. The third kappa shape index (κ3) is 4.83. The lowest BCUT2D eigenvalue weighted by atomic mass is 10.0. The number of benzene rings is 2. The Kier molecular flexibility index (Phi) is 6.40. The number of likely N-dealkylation sites (tertiary alicyclic amines) is 1. The number of hydrogen-bond donors (Lipinski definition) is 1. The van der Waals surface area contributed by atoms with E-state index in [-0.39, 0.29) is 11.6 Å². The molecular weight excluding hydrogens is 350 g/mol. The Balaban J connectivity index is 1.76. The van der Waals surface area contributed by atoms with Crippen LogP contribution < -0.4 is 10.1 Å². The zero-order valence-corrected chi connectivity index (χ0v) is 15.4. The van der Waals surface area contributed by atoms with Crippen molar-refractivity contribution in [1.29, 1.82) is 0 Å². The molecule has 0 radical (unpaired) electrons. The third-order valence-electron chi connectivity index (χ3n) is 4.96. The first kappa shape index (κ1) is 19.3. The number of amides is 1. The molecule has 2 aromatic rings. The largest absolute Gasteiger partial charge is 0.497 e. The molecule has 0 aliphatic carbocycles. The van der Waals surface area contributed by atoms with Crippen LogP contribution in [-0.2, 0) is 0 Å². The van der Waals surface area contributed by atoms with E-state index in [4.69, 9.17) is 4.74 Å². The summed E-state index contributed by atoms with van der Waals surface area (Å²) in [4.78, 5) is 14.7. The first-order valence-corrected chi connectivity index (χ1v) is 9.19. The van der Waals surface area contributed by atoms with E-state index in [1.165, 1.54) is 6.42 Å². The van der Waals surface area contributed by atoms with Gasteiger partial charge in [-0.25, -0.2) is 8.78 Å². The number of nitrogens with zero attached hydrogens (tertiary/aromatic N) is 1. The molecule has 0 saturated carbocycles. The minimum absolute atomic E-state index is 0.0308. The highest BCUT2D eigenvalue weighted by Gasteiger charge is 2.24. The van der Waals surface area contributed by atoms with E-state index in [1.807, 2.05) is 24.3 Å². The number of piperidine rings is 1. The van der Waals surface area contributed by atoms with Crippen molar-refractivity contribution in [3.8, 4) is 5.75 Å². The number of nitrogens with one attached hydrogen (secondary N) is 1. The smallest absolute Gasteiger partial charge is 0.254 e. The molecule has 3 rings (SSSR count). The van der Waals surface area contributed by atoms with E-state index in [0.29, 0.717) is 6.54 Å². The van der Waals surface area contributed by atoms with E-state index >= 15 is 0 Å². The summed E-state index contributed by atoms with van der Waals surface area (Å²) in [5.74, 6) is -1.21. The summed E-state index contributed by atoms with van der Waals surface area (Å²) in [6.07, 6.45) is 3.42. The number of hydrogen-bond acceptors (Lipinski definition) is 3. The molecule has 2 aromatic carbocycles. The average molecular weight is 374 g/mol. The molecule has 1 saturated heterocycles. The predicted molar refractivity (Wildman–Crippen MR) is 99.9 cm³/mol. The SMILES string of the molecule is COc1ccc(C(CNC(=O)c2cc(F)ccc2F)N2CCCCC2)cc1. The van der Waals surface area contributed by atoms with Crippen LogP contribution >= 0.6 is 0 Å². The van der Waals surface area contributed by atoms with Crippen molar-refractivity contribution in [3.63, 3.8) is 0 Å². The van der Waals surface area contributed by atoms with Crippen LogP contribution in [0.2, 0.25) is 0 Å². The Bertz CT molecular complexity index is 774. The Labute approximate surface area is 158 Å². The second-order valence-electron chi connectivity index (χ2n) is 6.72. The summed E-state index contributed by atoms with van der Waals surface area (Å²) in [5.41, 5.74) is 0.778. The normalized spacial score (nSPS) is 16.0. The first-order chi connectivity index (χ1) is 13.1. The van der Waals surface area contributed by atoms with Gasteiger partial charge in [-0.05, 0) is 61.8 Å². The standard InChI is InChI=1S/C21H24F2N2O2/c1-27-17-8-5-15(6-9-17)20(25-11-3-2-4-12-25)14-24-21(26)18-13-16(22)7-10-19(18)23/h5-10,13,20H,2-4,11-12,14H2,1H3,(H,24,26). The highest BCUT2D eigenvalue weighted by Crippen LogP contribution is 2.26. The minimum atomic E-state index is -0.729. The fourth-order valence-corrected chi connectivity index (χ4v) is 3.47. The van der Waals surface area contributed by atoms with E-state index in [1.54, 1.807) is 7.11 Å². The van der Waals surface area contributed by atoms with Crippen LogP contribution in [0.15, 0.2) is 42.5 Å². The van der Waals surface area contributed by atoms with Gasteiger partial charge in [0, 0.05) is 6.54 Å². The van der Waals surface area contributed by atoms with Gasteiger partial charge >= 0.3 is 0 Å². The molecule has 1 aliphatic rings. The summed E-state index contributed by atoms with van der Waals surface area (Å²) in [6, 6.07) is 10.6. The lowest BCUT2D eigenvalue weighted by molar-refractivity contribution is 0.0920. The highest BCUT2D eigenvalue weighted by atomic mass is 19.1. The van der Waals surface area contributed by atoms with Crippen molar-refractivity contribution >= 4 is 5.91 Å². The number of methoxy groups -OCH3 is 1. The Morgan fingerprint density at radius 1 is 1.11 bits per heavy atom. The Hall–Kier alpha value is -2.47. The maximum absolute atomic E-state index is 13.9. The summed E-state index contributed by atoms with van der Waals surface area (Å²) in [6.45, 7) is 2.21. The quantitative estimate of drug-likeness (QED) is 0.833. The minimum Gasteiger partial charge on any atom is -0.497 e. The summed E-state index contributed by atoms with van der Waals surface area (Å²) >= 11 is 0. The molecule has 1 atom stereocenters. The molecule has 1 aliphatic heterocycles. The molecule has 0 bridgehead atoms. The number of ether oxygens (including phenoxy) is 1.